The Bertz CT molecular complexity index is 746. The van der Waals surface area contributed by atoms with Crippen LogP contribution in [0.25, 0.3) is 0 Å². The van der Waals surface area contributed by atoms with Crippen molar-refractivity contribution in [1.29, 1.82) is 0 Å². The van der Waals surface area contributed by atoms with Crippen molar-refractivity contribution in [3.05, 3.63) is 11.1 Å². The maximum absolute atomic E-state index is 12.4. The van der Waals surface area contributed by atoms with Crippen molar-refractivity contribution in [2.24, 2.45) is 0 Å². The van der Waals surface area contributed by atoms with E-state index in [4.69, 9.17) is 14.2 Å². The minimum absolute atomic E-state index is 0.149. The molecule has 0 aliphatic heterocycles. The molecule has 0 unspecified atom stereocenters. The van der Waals surface area contributed by atoms with E-state index < -0.39 is 5.97 Å². The van der Waals surface area contributed by atoms with Crippen LogP contribution in [0, 0.1) is 0 Å². The third-order valence-electron chi connectivity index (χ3n) is 6.66. The summed E-state index contributed by atoms with van der Waals surface area (Å²) in [6, 6.07) is 0. The molecule has 0 saturated heterocycles. The van der Waals surface area contributed by atoms with Crippen molar-refractivity contribution in [2.45, 2.75) is 137 Å². The first-order valence-corrected chi connectivity index (χ1v) is 15.1. The van der Waals surface area contributed by atoms with Gasteiger partial charge in [0.15, 0.2) is 28.6 Å². The SMILES string of the molecule is CCCCCCCOc1c(O)c(C(=O)O)c(OCCCCC)c(OCCCCC)c1CCCCCCC. The first-order valence-electron chi connectivity index (χ1n) is 15.1. The molecule has 0 aliphatic carbocycles. The van der Waals surface area contributed by atoms with Crippen LogP contribution >= 0.6 is 0 Å². The van der Waals surface area contributed by atoms with Gasteiger partial charge in [-0.2, -0.15) is 0 Å². The van der Waals surface area contributed by atoms with Crippen LogP contribution < -0.4 is 14.2 Å². The van der Waals surface area contributed by atoms with Gasteiger partial charge in [0, 0.05) is 5.56 Å². The summed E-state index contributed by atoms with van der Waals surface area (Å²) in [5.41, 5.74) is 0.493. The summed E-state index contributed by atoms with van der Waals surface area (Å²) in [4.78, 5) is 12.4. The maximum Gasteiger partial charge on any atom is 0.343 e. The van der Waals surface area contributed by atoms with E-state index in [2.05, 4.69) is 27.7 Å². The largest absolute Gasteiger partial charge is 0.504 e. The Balaban J connectivity index is 3.39. The lowest BCUT2D eigenvalue weighted by molar-refractivity contribution is 0.0686. The van der Waals surface area contributed by atoms with Crippen molar-refractivity contribution in [2.75, 3.05) is 19.8 Å². The number of hydrogen-bond donors (Lipinski definition) is 2. The van der Waals surface area contributed by atoms with Crippen LogP contribution in [0.5, 0.6) is 23.0 Å². The summed E-state index contributed by atoms with van der Waals surface area (Å²) < 4.78 is 18.5. The summed E-state index contributed by atoms with van der Waals surface area (Å²) in [5, 5.41) is 21.3. The van der Waals surface area contributed by atoms with Gasteiger partial charge in [0.25, 0.3) is 0 Å². The zero-order valence-corrected chi connectivity index (χ0v) is 24.2. The molecule has 6 nitrogen and oxygen atoms in total. The number of phenols is 1. The lowest BCUT2D eigenvalue weighted by Gasteiger charge is -2.23. The average Bonchev–Trinajstić information content (AvgIpc) is 2.88. The Labute approximate surface area is 226 Å². The molecule has 0 saturated carbocycles. The molecule has 0 aromatic heterocycles. The fourth-order valence-corrected chi connectivity index (χ4v) is 4.43. The minimum atomic E-state index is -1.23. The monoisotopic (exact) mass is 522 g/mol. The van der Waals surface area contributed by atoms with E-state index in [0.717, 1.165) is 82.6 Å². The van der Waals surface area contributed by atoms with Crippen LogP contribution in [0.4, 0.5) is 0 Å². The number of carbonyl (C=O) groups is 1. The number of rotatable bonds is 24. The Morgan fingerprint density at radius 1 is 0.568 bits per heavy atom. The topological polar surface area (TPSA) is 85.2 Å². The lowest BCUT2D eigenvalue weighted by Crippen LogP contribution is -2.13. The Kier molecular flexibility index (Phi) is 18.6. The fraction of sp³-hybridized carbons (Fsp3) is 0.774. The van der Waals surface area contributed by atoms with Gasteiger partial charge in [0.1, 0.15) is 0 Å². The molecule has 0 radical (unpaired) electrons. The standard InChI is InChI=1S/C31H54O6/c1-5-9-13-15-17-21-25-28(35-24-20-16-14-10-6-2)27(32)26(31(33)34)30(37-23-19-12-8-4)29(25)36-22-18-11-7-3/h32H,5-24H2,1-4H3,(H,33,34). The third-order valence-corrected chi connectivity index (χ3v) is 6.66. The predicted molar refractivity (Wildman–Crippen MR) is 152 cm³/mol. The lowest BCUT2D eigenvalue weighted by atomic mass is 9.99. The number of aromatic hydroxyl groups is 1. The molecular weight excluding hydrogens is 468 g/mol. The number of carboxylic acid groups (broad SMARTS) is 1. The molecule has 1 aromatic rings. The molecule has 0 heterocycles. The molecule has 1 rings (SSSR count). The summed E-state index contributed by atoms with van der Waals surface area (Å²) >= 11 is 0. The second kappa shape index (κ2) is 20.9. The zero-order chi connectivity index (χ0) is 27.3. The molecule has 2 N–H and O–H groups in total. The van der Waals surface area contributed by atoms with E-state index in [1.54, 1.807) is 0 Å². The summed E-state index contributed by atoms with van der Waals surface area (Å²) in [5.74, 6) is -0.717. The molecule has 6 heteroatoms. The summed E-state index contributed by atoms with van der Waals surface area (Å²) in [7, 11) is 0. The van der Waals surface area contributed by atoms with Gasteiger partial charge in [-0.3, -0.25) is 0 Å². The van der Waals surface area contributed by atoms with Gasteiger partial charge in [-0.15, -0.1) is 0 Å². The van der Waals surface area contributed by atoms with Crippen molar-refractivity contribution >= 4 is 5.97 Å². The molecule has 0 spiro atoms. The van der Waals surface area contributed by atoms with Crippen molar-refractivity contribution in [3.63, 3.8) is 0 Å². The first-order chi connectivity index (χ1) is 18.0. The van der Waals surface area contributed by atoms with Crippen LogP contribution in [0.15, 0.2) is 0 Å². The highest BCUT2D eigenvalue weighted by atomic mass is 16.5. The zero-order valence-electron chi connectivity index (χ0n) is 24.2. The number of hydrogen-bond acceptors (Lipinski definition) is 5. The predicted octanol–water partition coefficient (Wildman–Crippen LogP) is 9.09. The fourth-order valence-electron chi connectivity index (χ4n) is 4.43. The molecular formula is C31H54O6. The molecule has 0 amide bonds. The Morgan fingerprint density at radius 2 is 0.973 bits per heavy atom. The third kappa shape index (κ3) is 12.3. The number of ether oxygens (including phenoxy) is 3. The second-order valence-corrected chi connectivity index (χ2v) is 10.0. The van der Waals surface area contributed by atoms with Crippen LogP contribution in [0.2, 0.25) is 0 Å². The molecule has 0 aliphatic rings. The normalized spacial score (nSPS) is 11.0. The summed E-state index contributed by atoms with van der Waals surface area (Å²) in [6.45, 7) is 9.92. The first kappa shape index (κ1) is 32.9. The van der Waals surface area contributed by atoms with Gasteiger partial charge >= 0.3 is 5.97 Å². The van der Waals surface area contributed by atoms with Gasteiger partial charge in [-0.05, 0) is 32.1 Å². The van der Waals surface area contributed by atoms with Crippen LogP contribution in [-0.4, -0.2) is 36.0 Å². The van der Waals surface area contributed by atoms with Crippen LogP contribution in [0.3, 0.4) is 0 Å². The van der Waals surface area contributed by atoms with E-state index in [-0.39, 0.29) is 22.8 Å². The maximum atomic E-state index is 12.4. The smallest absolute Gasteiger partial charge is 0.343 e. The van der Waals surface area contributed by atoms with E-state index >= 15 is 0 Å². The van der Waals surface area contributed by atoms with E-state index in [0.29, 0.717) is 32.0 Å². The number of benzene rings is 1. The minimum Gasteiger partial charge on any atom is -0.504 e. The van der Waals surface area contributed by atoms with E-state index in [9.17, 15) is 15.0 Å². The quantitative estimate of drug-likeness (QED) is 0.132. The Hall–Kier alpha value is -2.11. The second-order valence-electron chi connectivity index (χ2n) is 10.0. The van der Waals surface area contributed by atoms with Crippen molar-refractivity contribution in [1.82, 2.24) is 0 Å². The highest BCUT2D eigenvalue weighted by molar-refractivity contribution is 5.97. The molecule has 0 fully saturated rings. The van der Waals surface area contributed by atoms with Gasteiger partial charge < -0.3 is 24.4 Å². The van der Waals surface area contributed by atoms with Crippen molar-refractivity contribution < 1.29 is 29.2 Å². The Morgan fingerprint density at radius 3 is 1.49 bits per heavy atom. The molecule has 0 atom stereocenters. The van der Waals surface area contributed by atoms with Gasteiger partial charge in [0.2, 0.25) is 0 Å². The number of unbranched alkanes of at least 4 members (excludes halogenated alkanes) is 12. The molecule has 37 heavy (non-hydrogen) atoms. The molecule has 214 valence electrons. The van der Waals surface area contributed by atoms with Crippen molar-refractivity contribution in [3.8, 4) is 23.0 Å². The molecule has 1 aromatic carbocycles. The van der Waals surface area contributed by atoms with Gasteiger partial charge in [-0.1, -0.05) is 105 Å². The van der Waals surface area contributed by atoms with E-state index in [1.165, 1.54) is 25.7 Å². The van der Waals surface area contributed by atoms with E-state index in [1.807, 2.05) is 0 Å². The van der Waals surface area contributed by atoms with Gasteiger partial charge in [0.05, 0.1) is 19.8 Å². The highest BCUT2D eigenvalue weighted by Crippen LogP contribution is 2.49. The number of carboxylic acids is 1. The number of aromatic carboxylic acids is 1. The summed E-state index contributed by atoms with van der Waals surface area (Å²) in [6.07, 6.45) is 17.4. The van der Waals surface area contributed by atoms with Crippen LogP contribution in [0.1, 0.15) is 146 Å². The highest BCUT2D eigenvalue weighted by Gasteiger charge is 2.31. The van der Waals surface area contributed by atoms with Gasteiger partial charge in [-0.25, -0.2) is 4.79 Å². The van der Waals surface area contributed by atoms with Crippen LogP contribution in [-0.2, 0) is 6.42 Å². The average molecular weight is 523 g/mol. The molecule has 0 bridgehead atoms.